The highest BCUT2D eigenvalue weighted by Gasteiger charge is 2.18. The van der Waals surface area contributed by atoms with E-state index in [1.54, 1.807) is 19.1 Å². The van der Waals surface area contributed by atoms with E-state index in [0.717, 1.165) is 0 Å². The van der Waals surface area contributed by atoms with Crippen LogP contribution in [0.2, 0.25) is 0 Å². The van der Waals surface area contributed by atoms with Crippen molar-refractivity contribution in [3.8, 4) is 5.75 Å². The first-order chi connectivity index (χ1) is 7.15. The molecule has 0 fully saturated rings. The van der Waals surface area contributed by atoms with Crippen molar-refractivity contribution < 1.29 is 14.3 Å². The second-order valence-electron chi connectivity index (χ2n) is 3.18. The molecule has 5 heteroatoms. The number of aryl methyl sites for hydroxylation is 1. The van der Waals surface area contributed by atoms with Crippen LogP contribution >= 0.6 is 0 Å². The molecule has 0 atom stereocenters. The van der Waals surface area contributed by atoms with E-state index in [9.17, 15) is 9.90 Å². The monoisotopic (exact) mass is 206 g/mol. The molecule has 1 aromatic heterocycles. The number of benzene rings is 1. The Morgan fingerprint density at radius 2 is 2.27 bits per heavy atom. The number of carbonyl (C=O) groups is 1. The number of nitrogen functional groups attached to an aromatic ring is 1. The van der Waals surface area contributed by atoms with E-state index in [1.165, 1.54) is 6.07 Å². The highest BCUT2D eigenvalue weighted by atomic mass is 16.3. The average Bonchev–Trinajstić information content (AvgIpc) is 2.56. The van der Waals surface area contributed by atoms with Crippen molar-refractivity contribution in [1.82, 2.24) is 5.43 Å². The number of carbonyl (C=O) groups excluding carboxylic acids is 1. The lowest BCUT2D eigenvalue weighted by molar-refractivity contribution is 0.0927. The maximum atomic E-state index is 11.3. The minimum absolute atomic E-state index is 0.0878. The molecule has 0 unspecified atom stereocenters. The first kappa shape index (κ1) is 9.54. The number of furan rings is 1. The van der Waals surface area contributed by atoms with E-state index >= 15 is 0 Å². The van der Waals surface area contributed by atoms with Crippen LogP contribution in [0, 0.1) is 6.92 Å². The fourth-order valence-corrected chi connectivity index (χ4v) is 1.56. The molecule has 2 aromatic rings. The summed E-state index contributed by atoms with van der Waals surface area (Å²) in [5, 5.41) is 10.1. The van der Waals surface area contributed by atoms with Gasteiger partial charge in [0, 0.05) is 5.56 Å². The predicted octanol–water partition coefficient (Wildman–Crippen LogP) is 1.05. The standard InChI is InChI=1S/C10H10N2O3/c1-5-8-6(13)3-2-4-7(8)15-9(5)10(14)12-11/h2-4,13H,11H2,1H3,(H,12,14). The average molecular weight is 206 g/mol. The third-order valence-electron chi connectivity index (χ3n) is 2.27. The topological polar surface area (TPSA) is 88.5 Å². The van der Waals surface area contributed by atoms with E-state index in [0.29, 0.717) is 16.5 Å². The van der Waals surface area contributed by atoms with Gasteiger partial charge in [0.15, 0.2) is 5.76 Å². The van der Waals surface area contributed by atoms with Gasteiger partial charge in [-0.3, -0.25) is 10.2 Å². The number of amides is 1. The van der Waals surface area contributed by atoms with Gasteiger partial charge in [-0.15, -0.1) is 0 Å². The van der Waals surface area contributed by atoms with Gasteiger partial charge in [0.05, 0.1) is 5.39 Å². The van der Waals surface area contributed by atoms with Crippen molar-refractivity contribution in [2.75, 3.05) is 0 Å². The number of hydrogen-bond acceptors (Lipinski definition) is 4. The first-order valence-electron chi connectivity index (χ1n) is 4.37. The van der Waals surface area contributed by atoms with Gasteiger partial charge in [0.25, 0.3) is 0 Å². The Balaban J connectivity index is 2.75. The Bertz CT molecular complexity index is 531. The molecule has 0 saturated carbocycles. The van der Waals surface area contributed by atoms with E-state index in [1.807, 2.05) is 5.43 Å². The number of hydrazine groups is 1. The molecule has 0 spiro atoms. The number of nitrogens with two attached hydrogens (primary N) is 1. The Morgan fingerprint density at radius 3 is 2.87 bits per heavy atom. The second kappa shape index (κ2) is 3.29. The third-order valence-corrected chi connectivity index (χ3v) is 2.27. The first-order valence-corrected chi connectivity index (χ1v) is 4.37. The SMILES string of the molecule is Cc1c(C(=O)NN)oc2cccc(O)c12. The van der Waals surface area contributed by atoms with Crippen molar-refractivity contribution >= 4 is 16.9 Å². The second-order valence-corrected chi connectivity index (χ2v) is 3.18. The van der Waals surface area contributed by atoms with Crippen LogP contribution in [0.3, 0.4) is 0 Å². The zero-order valence-electron chi connectivity index (χ0n) is 8.07. The lowest BCUT2D eigenvalue weighted by Gasteiger charge is -1.95. The molecule has 4 N–H and O–H groups in total. The van der Waals surface area contributed by atoms with Gasteiger partial charge in [0.2, 0.25) is 0 Å². The number of nitrogens with one attached hydrogen (secondary N) is 1. The van der Waals surface area contributed by atoms with Gasteiger partial charge < -0.3 is 9.52 Å². The summed E-state index contributed by atoms with van der Waals surface area (Å²) in [7, 11) is 0. The van der Waals surface area contributed by atoms with Crippen LogP contribution < -0.4 is 11.3 Å². The van der Waals surface area contributed by atoms with Gasteiger partial charge in [0.1, 0.15) is 11.3 Å². The normalized spacial score (nSPS) is 10.5. The third kappa shape index (κ3) is 1.33. The van der Waals surface area contributed by atoms with Crippen LogP contribution in [0.4, 0.5) is 0 Å². The Labute approximate surface area is 85.5 Å². The van der Waals surface area contributed by atoms with Crippen LogP contribution in [0.5, 0.6) is 5.75 Å². The number of phenolic OH excluding ortho intramolecular Hbond substituents is 1. The van der Waals surface area contributed by atoms with E-state index in [4.69, 9.17) is 10.3 Å². The number of fused-ring (bicyclic) bond motifs is 1. The largest absolute Gasteiger partial charge is 0.507 e. The highest BCUT2D eigenvalue weighted by molar-refractivity contribution is 6.00. The van der Waals surface area contributed by atoms with Crippen molar-refractivity contribution in [1.29, 1.82) is 0 Å². The molecule has 1 amide bonds. The molecule has 0 aliphatic heterocycles. The molecule has 5 nitrogen and oxygen atoms in total. The molecule has 0 bridgehead atoms. The van der Waals surface area contributed by atoms with Gasteiger partial charge in [-0.2, -0.15) is 0 Å². The molecular formula is C10H10N2O3. The molecule has 2 rings (SSSR count). The molecule has 0 aliphatic carbocycles. The summed E-state index contributed by atoms with van der Waals surface area (Å²) in [6.07, 6.45) is 0. The van der Waals surface area contributed by atoms with Crippen molar-refractivity contribution in [3.63, 3.8) is 0 Å². The van der Waals surface area contributed by atoms with Crippen molar-refractivity contribution in [2.24, 2.45) is 5.84 Å². The molecule has 0 saturated heterocycles. The van der Waals surface area contributed by atoms with Gasteiger partial charge in [-0.1, -0.05) is 6.07 Å². The molecule has 0 aliphatic rings. The van der Waals surface area contributed by atoms with Crippen LogP contribution in [0.25, 0.3) is 11.0 Å². The summed E-state index contributed by atoms with van der Waals surface area (Å²) in [6.45, 7) is 1.69. The fraction of sp³-hybridized carbons (Fsp3) is 0.100. The van der Waals surface area contributed by atoms with Crippen molar-refractivity contribution in [3.05, 3.63) is 29.5 Å². The van der Waals surface area contributed by atoms with Gasteiger partial charge >= 0.3 is 5.91 Å². The van der Waals surface area contributed by atoms with Gasteiger partial charge in [-0.05, 0) is 19.1 Å². The smallest absolute Gasteiger partial charge is 0.301 e. The summed E-state index contributed by atoms with van der Waals surface area (Å²) in [5.74, 6) is 4.71. The lowest BCUT2D eigenvalue weighted by atomic mass is 10.1. The van der Waals surface area contributed by atoms with Crippen LogP contribution in [0.15, 0.2) is 22.6 Å². The zero-order chi connectivity index (χ0) is 11.0. The molecule has 1 heterocycles. The lowest BCUT2D eigenvalue weighted by Crippen LogP contribution is -2.30. The summed E-state index contributed by atoms with van der Waals surface area (Å²) < 4.78 is 5.28. The van der Waals surface area contributed by atoms with Crippen LogP contribution in [-0.4, -0.2) is 11.0 Å². The number of rotatable bonds is 1. The van der Waals surface area contributed by atoms with Crippen LogP contribution in [-0.2, 0) is 0 Å². The van der Waals surface area contributed by atoms with E-state index < -0.39 is 5.91 Å². The minimum Gasteiger partial charge on any atom is -0.507 e. The van der Waals surface area contributed by atoms with E-state index in [2.05, 4.69) is 0 Å². The summed E-state index contributed by atoms with van der Waals surface area (Å²) in [5.41, 5.74) is 3.03. The summed E-state index contributed by atoms with van der Waals surface area (Å²) in [4.78, 5) is 11.3. The Kier molecular flexibility index (Phi) is 2.09. The number of aromatic hydroxyl groups is 1. The van der Waals surface area contributed by atoms with Gasteiger partial charge in [-0.25, -0.2) is 5.84 Å². The van der Waals surface area contributed by atoms with Crippen LogP contribution in [0.1, 0.15) is 16.1 Å². The number of hydrogen-bond donors (Lipinski definition) is 3. The fourth-order valence-electron chi connectivity index (χ4n) is 1.56. The highest BCUT2D eigenvalue weighted by Crippen LogP contribution is 2.31. The Morgan fingerprint density at radius 1 is 1.53 bits per heavy atom. The summed E-state index contributed by atoms with van der Waals surface area (Å²) in [6, 6.07) is 4.86. The molecule has 0 radical (unpaired) electrons. The molecule has 1 aromatic carbocycles. The van der Waals surface area contributed by atoms with E-state index in [-0.39, 0.29) is 11.5 Å². The van der Waals surface area contributed by atoms with Crippen molar-refractivity contribution in [2.45, 2.75) is 6.92 Å². The predicted molar refractivity (Wildman–Crippen MR) is 54.3 cm³/mol. The molecule has 15 heavy (non-hydrogen) atoms. The Hall–Kier alpha value is -2.01. The number of phenols is 1. The zero-order valence-corrected chi connectivity index (χ0v) is 8.07. The quantitative estimate of drug-likeness (QED) is 0.369. The maximum absolute atomic E-state index is 11.3. The maximum Gasteiger partial charge on any atom is 0.301 e. The molecular weight excluding hydrogens is 196 g/mol. The minimum atomic E-state index is -0.511. The molecule has 78 valence electrons. The summed E-state index contributed by atoms with van der Waals surface area (Å²) >= 11 is 0.